The highest BCUT2D eigenvalue weighted by Crippen LogP contribution is 2.29. The predicted molar refractivity (Wildman–Crippen MR) is 113 cm³/mol. The van der Waals surface area contributed by atoms with Crippen molar-refractivity contribution in [3.8, 4) is 17.2 Å². The first-order valence-electron chi connectivity index (χ1n) is 9.60. The summed E-state index contributed by atoms with van der Waals surface area (Å²) in [6.45, 7) is 6.72. The number of likely N-dealkylation sites (N-methyl/N-ethyl adjacent to an activating group) is 1. The zero-order chi connectivity index (χ0) is 20.8. The SMILES string of the molecule is CCN(CCOc1ccc(C)cc1)Cc1nc2cc(OC)c(OC)cc2c(=O)[nH]1. The number of hydrogen-bond acceptors (Lipinski definition) is 6. The first kappa shape index (κ1) is 20.7. The van der Waals surface area contributed by atoms with E-state index in [0.717, 1.165) is 18.8 Å². The molecule has 7 heteroatoms. The summed E-state index contributed by atoms with van der Waals surface area (Å²) in [5.41, 5.74) is 1.58. The predicted octanol–water partition coefficient (Wildman–Crippen LogP) is 3.15. The molecule has 0 atom stereocenters. The van der Waals surface area contributed by atoms with Crippen LogP contribution < -0.4 is 19.8 Å². The van der Waals surface area contributed by atoms with Gasteiger partial charge in [-0.25, -0.2) is 4.98 Å². The van der Waals surface area contributed by atoms with Gasteiger partial charge in [0.1, 0.15) is 18.2 Å². The summed E-state index contributed by atoms with van der Waals surface area (Å²) < 4.78 is 16.4. The molecule has 1 heterocycles. The van der Waals surface area contributed by atoms with Crippen molar-refractivity contribution in [1.29, 1.82) is 0 Å². The number of aromatic nitrogens is 2. The summed E-state index contributed by atoms with van der Waals surface area (Å²) in [6.07, 6.45) is 0. The van der Waals surface area contributed by atoms with E-state index in [1.165, 1.54) is 12.7 Å². The highest BCUT2D eigenvalue weighted by Gasteiger charge is 2.12. The molecule has 0 bridgehead atoms. The third-order valence-corrected chi connectivity index (χ3v) is 4.78. The molecule has 3 rings (SSSR count). The van der Waals surface area contributed by atoms with Crippen molar-refractivity contribution in [3.05, 3.63) is 58.1 Å². The maximum absolute atomic E-state index is 12.5. The van der Waals surface area contributed by atoms with Crippen LogP contribution in [-0.4, -0.2) is 48.8 Å². The molecular formula is C22H27N3O4. The molecule has 0 saturated heterocycles. The molecule has 29 heavy (non-hydrogen) atoms. The van der Waals surface area contributed by atoms with Crippen molar-refractivity contribution in [2.24, 2.45) is 0 Å². The molecule has 0 saturated carbocycles. The van der Waals surface area contributed by atoms with E-state index >= 15 is 0 Å². The Morgan fingerprint density at radius 3 is 2.41 bits per heavy atom. The van der Waals surface area contributed by atoms with Gasteiger partial charge in [0.25, 0.3) is 5.56 Å². The molecule has 0 spiro atoms. The third-order valence-electron chi connectivity index (χ3n) is 4.78. The average Bonchev–Trinajstić information content (AvgIpc) is 2.73. The third kappa shape index (κ3) is 5.06. The molecule has 0 amide bonds. The van der Waals surface area contributed by atoms with E-state index in [0.29, 0.717) is 41.4 Å². The number of benzene rings is 2. The molecule has 0 unspecified atom stereocenters. The van der Waals surface area contributed by atoms with Crippen LogP contribution in [0.4, 0.5) is 0 Å². The molecular weight excluding hydrogens is 370 g/mol. The number of nitrogens with one attached hydrogen (secondary N) is 1. The van der Waals surface area contributed by atoms with Crippen LogP contribution in [-0.2, 0) is 6.54 Å². The van der Waals surface area contributed by atoms with Crippen molar-refractivity contribution in [2.75, 3.05) is 33.9 Å². The number of aromatic amines is 1. The van der Waals surface area contributed by atoms with Crippen LogP contribution in [0.5, 0.6) is 17.2 Å². The van der Waals surface area contributed by atoms with Gasteiger partial charge in [0, 0.05) is 12.6 Å². The number of aryl methyl sites for hydroxylation is 1. The summed E-state index contributed by atoms with van der Waals surface area (Å²) in [6, 6.07) is 11.4. The maximum Gasteiger partial charge on any atom is 0.258 e. The number of rotatable bonds is 9. The van der Waals surface area contributed by atoms with Crippen molar-refractivity contribution in [1.82, 2.24) is 14.9 Å². The Hall–Kier alpha value is -3.06. The second kappa shape index (κ2) is 9.43. The van der Waals surface area contributed by atoms with Crippen molar-refractivity contribution < 1.29 is 14.2 Å². The standard InChI is InChI=1S/C22H27N3O4/c1-5-25(10-11-29-16-8-6-15(2)7-9-16)14-21-23-18-13-20(28-4)19(27-3)12-17(18)22(26)24-21/h6-9,12-13H,5,10-11,14H2,1-4H3,(H,23,24,26). The zero-order valence-electron chi connectivity index (χ0n) is 17.3. The van der Waals surface area contributed by atoms with Gasteiger partial charge in [-0.15, -0.1) is 0 Å². The number of hydrogen-bond donors (Lipinski definition) is 1. The van der Waals surface area contributed by atoms with Gasteiger partial charge < -0.3 is 19.2 Å². The number of fused-ring (bicyclic) bond motifs is 1. The van der Waals surface area contributed by atoms with Crippen molar-refractivity contribution in [3.63, 3.8) is 0 Å². The van der Waals surface area contributed by atoms with Crippen LogP contribution >= 0.6 is 0 Å². The van der Waals surface area contributed by atoms with E-state index in [9.17, 15) is 4.79 Å². The first-order chi connectivity index (χ1) is 14.0. The van der Waals surface area contributed by atoms with Gasteiger partial charge in [0.2, 0.25) is 0 Å². The second-order valence-corrected chi connectivity index (χ2v) is 6.77. The van der Waals surface area contributed by atoms with Crippen LogP contribution in [0.1, 0.15) is 18.3 Å². The Morgan fingerprint density at radius 1 is 1.07 bits per heavy atom. The molecule has 0 aliphatic carbocycles. The van der Waals surface area contributed by atoms with E-state index in [1.807, 2.05) is 31.2 Å². The Balaban J connectivity index is 1.71. The Labute approximate surface area is 170 Å². The highest BCUT2D eigenvalue weighted by atomic mass is 16.5. The highest BCUT2D eigenvalue weighted by molar-refractivity contribution is 5.81. The van der Waals surface area contributed by atoms with Gasteiger partial charge in [0.15, 0.2) is 11.5 Å². The van der Waals surface area contributed by atoms with E-state index < -0.39 is 0 Å². The topological polar surface area (TPSA) is 76.7 Å². The number of methoxy groups -OCH3 is 2. The molecule has 3 aromatic rings. The minimum absolute atomic E-state index is 0.196. The van der Waals surface area contributed by atoms with Gasteiger partial charge in [-0.05, 0) is 31.7 Å². The smallest absolute Gasteiger partial charge is 0.258 e. The average molecular weight is 397 g/mol. The maximum atomic E-state index is 12.5. The van der Waals surface area contributed by atoms with E-state index in [-0.39, 0.29) is 5.56 Å². The van der Waals surface area contributed by atoms with Crippen molar-refractivity contribution >= 4 is 10.9 Å². The fraction of sp³-hybridized carbons (Fsp3) is 0.364. The van der Waals surface area contributed by atoms with Crippen molar-refractivity contribution in [2.45, 2.75) is 20.4 Å². The van der Waals surface area contributed by atoms with E-state index in [1.54, 1.807) is 19.2 Å². The van der Waals surface area contributed by atoms with Gasteiger partial charge >= 0.3 is 0 Å². The van der Waals surface area contributed by atoms with Gasteiger partial charge in [-0.2, -0.15) is 0 Å². The van der Waals surface area contributed by atoms with Gasteiger partial charge in [-0.3, -0.25) is 9.69 Å². The lowest BCUT2D eigenvalue weighted by atomic mass is 10.2. The molecule has 0 radical (unpaired) electrons. The zero-order valence-corrected chi connectivity index (χ0v) is 17.3. The Kier molecular flexibility index (Phi) is 6.72. The normalized spacial score (nSPS) is 11.1. The van der Waals surface area contributed by atoms with E-state index in [4.69, 9.17) is 14.2 Å². The Morgan fingerprint density at radius 2 is 1.76 bits per heavy atom. The molecule has 0 fully saturated rings. The summed E-state index contributed by atoms with van der Waals surface area (Å²) in [5.74, 6) is 2.50. The number of H-pyrrole nitrogens is 1. The molecule has 0 aliphatic heterocycles. The minimum atomic E-state index is -0.196. The summed E-state index contributed by atoms with van der Waals surface area (Å²) in [5, 5.41) is 0.470. The molecule has 0 aliphatic rings. The first-order valence-corrected chi connectivity index (χ1v) is 9.60. The van der Waals surface area contributed by atoms with Crippen LogP contribution in [0.15, 0.2) is 41.2 Å². The molecule has 2 aromatic carbocycles. The summed E-state index contributed by atoms with van der Waals surface area (Å²) in [7, 11) is 3.10. The van der Waals surface area contributed by atoms with Crippen LogP contribution in [0.25, 0.3) is 10.9 Å². The van der Waals surface area contributed by atoms with Gasteiger partial charge in [-0.1, -0.05) is 24.6 Å². The fourth-order valence-corrected chi connectivity index (χ4v) is 3.08. The molecule has 1 N–H and O–H groups in total. The largest absolute Gasteiger partial charge is 0.493 e. The quantitative estimate of drug-likeness (QED) is 0.598. The van der Waals surface area contributed by atoms with E-state index in [2.05, 4.69) is 21.8 Å². The number of ether oxygens (including phenoxy) is 3. The molecule has 7 nitrogen and oxygen atoms in total. The fourth-order valence-electron chi connectivity index (χ4n) is 3.08. The number of nitrogens with zero attached hydrogens (tertiary/aromatic N) is 2. The summed E-state index contributed by atoms with van der Waals surface area (Å²) in [4.78, 5) is 22.2. The lowest BCUT2D eigenvalue weighted by molar-refractivity contribution is 0.206. The Bertz CT molecular complexity index is 1010. The van der Waals surface area contributed by atoms with Crippen LogP contribution in [0.3, 0.4) is 0 Å². The lowest BCUT2D eigenvalue weighted by Gasteiger charge is -2.20. The minimum Gasteiger partial charge on any atom is -0.493 e. The molecule has 154 valence electrons. The van der Waals surface area contributed by atoms with Gasteiger partial charge in [0.05, 0.1) is 31.7 Å². The lowest BCUT2D eigenvalue weighted by Crippen LogP contribution is -2.29. The summed E-state index contributed by atoms with van der Waals surface area (Å²) >= 11 is 0. The van der Waals surface area contributed by atoms with Crippen LogP contribution in [0, 0.1) is 6.92 Å². The second-order valence-electron chi connectivity index (χ2n) is 6.77. The van der Waals surface area contributed by atoms with Crippen LogP contribution in [0.2, 0.25) is 0 Å². The molecule has 1 aromatic heterocycles. The monoisotopic (exact) mass is 397 g/mol.